The minimum Gasteiger partial charge on any atom is -0.463 e. The number of nitriles is 2. The maximum atomic E-state index is 12.4. The molecule has 2 rings (SSSR count). The van der Waals surface area contributed by atoms with Gasteiger partial charge in [-0.25, -0.2) is 9.69 Å². The van der Waals surface area contributed by atoms with Crippen LogP contribution in [-0.2, 0) is 14.3 Å². The van der Waals surface area contributed by atoms with Crippen molar-refractivity contribution in [3.63, 3.8) is 0 Å². The lowest BCUT2D eigenvalue weighted by Gasteiger charge is -2.45. The first kappa shape index (κ1) is 16.3. The van der Waals surface area contributed by atoms with Crippen LogP contribution in [0.25, 0.3) is 0 Å². The molecule has 1 amide bonds. The summed E-state index contributed by atoms with van der Waals surface area (Å²) >= 11 is 4.22. The number of nitrogens with zero attached hydrogens (tertiary/aromatic N) is 3. The Balaban J connectivity index is 2.66. The van der Waals surface area contributed by atoms with Crippen molar-refractivity contribution in [2.24, 2.45) is 11.3 Å². The monoisotopic (exact) mass is 320 g/mol. The Kier molecular flexibility index (Phi) is 4.74. The fourth-order valence-corrected chi connectivity index (χ4v) is 3.59. The molecule has 0 aliphatic carbocycles. The molecule has 1 fully saturated rings. The highest BCUT2D eigenvalue weighted by Gasteiger charge is 2.56. The van der Waals surface area contributed by atoms with Crippen molar-refractivity contribution in [1.29, 1.82) is 10.5 Å². The van der Waals surface area contributed by atoms with Crippen molar-refractivity contribution in [2.75, 3.05) is 19.7 Å². The van der Waals surface area contributed by atoms with E-state index in [0.29, 0.717) is 30.8 Å². The second-order valence-electron chi connectivity index (χ2n) is 5.16. The van der Waals surface area contributed by atoms with Gasteiger partial charge < -0.3 is 10.1 Å². The maximum absolute atomic E-state index is 12.4. The Morgan fingerprint density at radius 1 is 1.50 bits per heavy atom. The lowest BCUT2D eigenvalue weighted by molar-refractivity contribution is -0.143. The molecule has 7 nitrogen and oxygen atoms in total. The van der Waals surface area contributed by atoms with Crippen molar-refractivity contribution < 1.29 is 14.3 Å². The van der Waals surface area contributed by atoms with Gasteiger partial charge in [-0.1, -0.05) is 0 Å². The van der Waals surface area contributed by atoms with Crippen LogP contribution in [0.5, 0.6) is 0 Å². The SMILES string of the molecule is CCOC(=O)C1=C(S)N(C#N)C(=O)C(C#N)C12CCNCC2. The van der Waals surface area contributed by atoms with Gasteiger partial charge in [0.2, 0.25) is 0 Å². The van der Waals surface area contributed by atoms with Crippen molar-refractivity contribution in [3.8, 4) is 12.3 Å². The van der Waals surface area contributed by atoms with Gasteiger partial charge in [-0.2, -0.15) is 10.5 Å². The van der Waals surface area contributed by atoms with Gasteiger partial charge in [-0.15, -0.1) is 12.6 Å². The topological polar surface area (TPSA) is 106 Å². The van der Waals surface area contributed by atoms with E-state index in [9.17, 15) is 14.9 Å². The van der Waals surface area contributed by atoms with E-state index < -0.39 is 23.2 Å². The van der Waals surface area contributed by atoms with Gasteiger partial charge in [0.1, 0.15) is 10.9 Å². The minimum absolute atomic E-state index is 0.0284. The van der Waals surface area contributed by atoms with Gasteiger partial charge in [-0.3, -0.25) is 4.79 Å². The van der Waals surface area contributed by atoms with Crippen LogP contribution in [0.2, 0.25) is 0 Å². The average molecular weight is 320 g/mol. The van der Waals surface area contributed by atoms with Crippen molar-refractivity contribution in [3.05, 3.63) is 10.6 Å². The molecule has 1 unspecified atom stereocenters. The van der Waals surface area contributed by atoms with Crippen LogP contribution in [0.4, 0.5) is 0 Å². The van der Waals surface area contributed by atoms with Crippen LogP contribution in [0, 0.1) is 34.1 Å². The molecule has 1 atom stereocenters. The molecule has 0 aromatic rings. The molecule has 1 N–H and O–H groups in total. The molecule has 0 radical (unpaired) electrons. The molecular weight excluding hydrogens is 304 g/mol. The smallest absolute Gasteiger partial charge is 0.337 e. The summed E-state index contributed by atoms with van der Waals surface area (Å²) in [6.07, 6.45) is 2.57. The highest BCUT2D eigenvalue weighted by molar-refractivity contribution is 7.84. The van der Waals surface area contributed by atoms with E-state index in [0.717, 1.165) is 0 Å². The lowest BCUT2D eigenvalue weighted by Crippen LogP contribution is -2.53. The standard InChI is InChI=1S/C14H16N4O3S/c1-2-21-13(20)10-12(22)18(8-16)11(19)9(7-15)14(10)3-5-17-6-4-14/h9,17,22H,2-6H2,1H3. The summed E-state index contributed by atoms with van der Waals surface area (Å²) in [6.45, 7) is 2.98. The molecule has 8 heteroatoms. The number of amides is 1. The normalized spacial score (nSPS) is 23.9. The summed E-state index contributed by atoms with van der Waals surface area (Å²) in [5.74, 6) is -2.35. The molecule has 0 aromatic carbocycles. The highest BCUT2D eigenvalue weighted by Crippen LogP contribution is 2.50. The quantitative estimate of drug-likeness (QED) is 0.436. The van der Waals surface area contributed by atoms with Gasteiger partial charge in [0.15, 0.2) is 6.19 Å². The number of thiol groups is 1. The second kappa shape index (κ2) is 6.39. The third-order valence-corrected chi connectivity index (χ3v) is 4.58. The number of carbonyl (C=O) groups is 2. The first-order valence-electron chi connectivity index (χ1n) is 6.98. The van der Waals surface area contributed by atoms with Gasteiger partial charge in [-0.05, 0) is 32.9 Å². The van der Waals surface area contributed by atoms with E-state index >= 15 is 0 Å². The molecular formula is C14H16N4O3S. The van der Waals surface area contributed by atoms with Crippen LogP contribution in [0.3, 0.4) is 0 Å². The molecule has 0 bridgehead atoms. The zero-order chi connectivity index (χ0) is 16.3. The minimum atomic E-state index is -1.09. The van der Waals surface area contributed by atoms with E-state index in [1.165, 1.54) is 0 Å². The maximum Gasteiger partial charge on any atom is 0.337 e. The number of hydrogen-bond acceptors (Lipinski definition) is 7. The third kappa shape index (κ3) is 2.35. The van der Waals surface area contributed by atoms with E-state index in [1.807, 2.05) is 6.07 Å². The first-order chi connectivity index (χ1) is 10.5. The number of nitrogens with one attached hydrogen (secondary N) is 1. The lowest BCUT2D eigenvalue weighted by atomic mass is 9.63. The predicted molar refractivity (Wildman–Crippen MR) is 78.7 cm³/mol. The number of esters is 1. The van der Waals surface area contributed by atoms with Gasteiger partial charge in [0.05, 0.1) is 18.2 Å². The molecule has 0 aromatic heterocycles. The predicted octanol–water partition coefficient (Wildman–Crippen LogP) is 0.524. The first-order valence-corrected chi connectivity index (χ1v) is 7.43. The molecule has 0 saturated carbocycles. The molecule has 1 saturated heterocycles. The summed E-state index contributed by atoms with van der Waals surface area (Å²) < 4.78 is 5.08. The van der Waals surface area contributed by atoms with Crippen LogP contribution < -0.4 is 5.32 Å². The van der Waals surface area contributed by atoms with Gasteiger partial charge >= 0.3 is 5.97 Å². The van der Waals surface area contributed by atoms with E-state index in [2.05, 4.69) is 17.9 Å². The Hall–Kier alpha value is -2.03. The summed E-state index contributed by atoms with van der Waals surface area (Å²) in [5.41, 5.74) is -0.791. The number of carbonyl (C=O) groups excluding carboxylic acids is 2. The Morgan fingerprint density at radius 2 is 2.14 bits per heavy atom. The third-order valence-electron chi connectivity index (χ3n) is 4.16. The largest absolute Gasteiger partial charge is 0.463 e. The van der Waals surface area contributed by atoms with E-state index in [1.54, 1.807) is 13.1 Å². The Morgan fingerprint density at radius 3 is 2.64 bits per heavy atom. The molecule has 2 aliphatic heterocycles. The summed E-state index contributed by atoms with van der Waals surface area (Å²) in [7, 11) is 0. The van der Waals surface area contributed by atoms with Crippen molar-refractivity contribution in [2.45, 2.75) is 19.8 Å². The number of rotatable bonds is 2. The van der Waals surface area contributed by atoms with Crippen LogP contribution in [0.1, 0.15) is 19.8 Å². The second-order valence-corrected chi connectivity index (χ2v) is 5.58. The number of ether oxygens (including phenoxy) is 1. The van der Waals surface area contributed by atoms with E-state index in [-0.39, 0.29) is 17.2 Å². The molecule has 22 heavy (non-hydrogen) atoms. The molecule has 2 aliphatic rings. The van der Waals surface area contributed by atoms with Gasteiger partial charge in [0.25, 0.3) is 5.91 Å². The van der Waals surface area contributed by atoms with Crippen molar-refractivity contribution in [1.82, 2.24) is 10.2 Å². The summed E-state index contributed by atoms with van der Waals surface area (Å²) in [4.78, 5) is 25.5. The average Bonchev–Trinajstić information content (AvgIpc) is 2.49. The Bertz CT molecular complexity index is 611. The highest BCUT2D eigenvalue weighted by atomic mass is 32.1. The zero-order valence-corrected chi connectivity index (χ0v) is 13.0. The molecule has 116 valence electrons. The zero-order valence-electron chi connectivity index (χ0n) is 12.1. The molecule has 1 spiro atoms. The Labute approximate surface area is 133 Å². The fraction of sp³-hybridized carbons (Fsp3) is 0.571. The van der Waals surface area contributed by atoms with Crippen molar-refractivity contribution >= 4 is 24.5 Å². The summed E-state index contributed by atoms with van der Waals surface area (Å²) in [5, 5.41) is 21.8. The summed E-state index contributed by atoms with van der Waals surface area (Å²) in [6, 6.07) is 1.98. The van der Waals surface area contributed by atoms with Crippen LogP contribution in [-0.4, -0.2) is 36.5 Å². The van der Waals surface area contributed by atoms with Crippen LogP contribution in [0.15, 0.2) is 10.6 Å². The van der Waals surface area contributed by atoms with Gasteiger partial charge in [0, 0.05) is 5.41 Å². The number of piperidine rings is 1. The molecule has 2 heterocycles. The van der Waals surface area contributed by atoms with E-state index in [4.69, 9.17) is 10.00 Å². The van der Waals surface area contributed by atoms with Crippen LogP contribution >= 0.6 is 12.6 Å². The fourth-order valence-electron chi connectivity index (χ4n) is 3.13. The number of hydrogen-bond donors (Lipinski definition) is 2.